The molecule has 0 spiro atoms. The fraction of sp³-hybridized carbons (Fsp3) is 0.522. The van der Waals surface area contributed by atoms with Crippen LogP contribution in [0.15, 0.2) is 18.3 Å². The molecule has 1 saturated heterocycles. The second-order valence-electron chi connectivity index (χ2n) is 9.01. The molecule has 1 atom stereocenters. The van der Waals surface area contributed by atoms with Crippen molar-refractivity contribution in [2.75, 3.05) is 24.6 Å². The number of hydrogen-bond acceptors (Lipinski definition) is 7. The van der Waals surface area contributed by atoms with Crippen LogP contribution in [0.4, 0.5) is 19.1 Å². The first-order valence-corrected chi connectivity index (χ1v) is 11.1. The summed E-state index contributed by atoms with van der Waals surface area (Å²) >= 11 is 0. The molecule has 10 heteroatoms. The lowest BCUT2D eigenvalue weighted by Gasteiger charge is -2.37. The highest BCUT2D eigenvalue weighted by Crippen LogP contribution is 2.50. The van der Waals surface area contributed by atoms with Gasteiger partial charge in [0.1, 0.15) is 6.10 Å². The number of halogens is 3. The maximum Gasteiger partial charge on any atom is 0.391 e. The standard InChI is InChI=1S/C23H25F3N6O/c1-12-6-18-20(15-8-17(9-15)23(24,25)26)29-22(30-21(18)28-14(12)3)32-4-5-33-19(11-32)16-7-13(2)31-27-10-16/h6-7,10,15,17,19H,4-5,8-9,11H2,1-3H3/t15-,17+,19-/m1/s1. The van der Waals surface area contributed by atoms with Crippen LogP contribution in [-0.4, -0.2) is 51.0 Å². The predicted octanol–water partition coefficient (Wildman–Crippen LogP) is 4.37. The summed E-state index contributed by atoms with van der Waals surface area (Å²) in [7, 11) is 0. The Balaban J connectivity index is 1.50. The van der Waals surface area contributed by atoms with Gasteiger partial charge < -0.3 is 9.64 Å². The van der Waals surface area contributed by atoms with Gasteiger partial charge in [-0.25, -0.2) is 9.97 Å². The van der Waals surface area contributed by atoms with Crippen molar-refractivity contribution in [1.29, 1.82) is 0 Å². The molecule has 0 N–H and O–H groups in total. The molecular weight excluding hydrogens is 433 g/mol. The minimum Gasteiger partial charge on any atom is -0.370 e. The lowest BCUT2D eigenvalue weighted by Crippen LogP contribution is -2.40. The van der Waals surface area contributed by atoms with Gasteiger partial charge in [-0.05, 0) is 51.3 Å². The fourth-order valence-corrected chi connectivity index (χ4v) is 4.52. The van der Waals surface area contributed by atoms with Crippen molar-refractivity contribution in [3.05, 3.63) is 46.5 Å². The normalized spacial score (nSPS) is 23.6. The molecule has 33 heavy (non-hydrogen) atoms. The first-order chi connectivity index (χ1) is 15.7. The Morgan fingerprint density at radius 2 is 1.85 bits per heavy atom. The molecule has 3 aromatic heterocycles. The maximum absolute atomic E-state index is 13.1. The summed E-state index contributed by atoms with van der Waals surface area (Å²) in [6, 6.07) is 3.89. The van der Waals surface area contributed by atoms with Crippen molar-refractivity contribution in [3.8, 4) is 0 Å². The summed E-state index contributed by atoms with van der Waals surface area (Å²) in [5.74, 6) is -1.05. The molecule has 0 bridgehead atoms. The van der Waals surface area contributed by atoms with E-state index in [0.29, 0.717) is 37.0 Å². The van der Waals surface area contributed by atoms with Crippen LogP contribution in [0, 0.1) is 26.7 Å². The molecule has 2 aliphatic rings. The molecular formula is C23H25F3N6O. The zero-order valence-electron chi connectivity index (χ0n) is 18.7. The monoisotopic (exact) mass is 458 g/mol. The van der Waals surface area contributed by atoms with E-state index in [-0.39, 0.29) is 24.9 Å². The molecule has 7 nitrogen and oxygen atoms in total. The Labute approximate surface area is 189 Å². The van der Waals surface area contributed by atoms with Gasteiger partial charge in [0.2, 0.25) is 5.95 Å². The Morgan fingerprint density at radius 1 is 1.06 bits per heavy atom. The van der Waals surface area contributed by atoms with Gasteiger partial charge in [-0.2, -0.15) is 28.4 Å². The lowest BCUT2D eigenvalue weighted by molar-refractivity contribution is -0.197. The Kier molecular flexibility index (Phi) is 5.43. The highest BCUT2D eigenvalue weighted by Gasteiger charge is 2.49. The molecule has 0 amide bonds. The molecule has 1 saturated carbocycles. The molecule has 3 aromatic rings. The van der Waals surface area contributed by atoms with Gasteiger partial charge in [0.15, 0.2) is 5.65 Å². The van der Waals surface area contributed by atoms with Crippen LogP contribution in [0.1, 0.15) is 53.1 Å². The summed E-state index contributed by atoms with van der Waals surface area (Å²) in [5, 5.41) is 8.76. The molecule has 4 heterocycles. The van der Waals surface area contributed by atoms with E-state index in [1.807, 2.05) is 37.8 Å². The van der Waals surface area contributed by atoms with E-state index in [1.165, 1.54) is 0 Å². The van der Waals surface area contributed by atoms with Gasteiger partial charge in [-0.1, -0.05) is 0 Å². The van der Waals surface area contributed by atoms with E-state index in [1.54, 1.807) is 6.20 Å². The number of alkyl halides is 3. The van der Waals surface area contributed by atoms with Crippen molar-refractivity contribution in [2.24, 2.45) is 5.92 Å². The smallest absolute Gasteiger partial charge is 0.370 e. The van der Waals surface area contributed by atoms with Crippen LogP contribution < -0.4 is 4.90 Å². The second kappa shape index (κ2) is 8.16. The van der Waals surface area contributed by atoms with Crippen LogP contribution in [0.2, 0.25) is 0 Å². The van der Waals surface area contributed by atoms with E-state index in [4.69, 9.17) is 14.7 Å². The molecule has 1 aliphatic carbocycles. The Hall–Kier alpha value is -2.88. The van der Waals surface area contributed by atoms with Crippen molar-refractivity contribution >= 4 is 17.0 Å². The van der Waals surface area contributed by atoms with Gasteiger partial charge in [0, 0.05) is 29.1 Å². The van der Waals surface area contributed by atoms with E-state index >= 15 is 0 Å². The van der Waals surface area contributed by atoms with E-state index < -0.39 is 12.1 Å². The summed E-state index contributed by atoms with van der Waals surface area (Å²) in [6.45, 7) is 7.29. The van der Waals surface area contributed by atoms with Gasteiger partial charge in [0.25, 0.3) is 0 Å². The fourth-order valence-electron chi connectivity index (χ4n) is 4.52. The predicted molar refractivity (Wildman–Crippen MR) is 116 cm³/mol. The third-order valence-electron chi connectivity index (χ3n) is 6.65. The van der Waals surface area contributed by atoms with Crippen molar-refractivity contribution in [1.82, 2.24) is 25.1 Å². The Morgan fingerprint density at radius 3 is 2.58 bits per heavy atom. The van der Waals surface area contributed by atoms with Gasteiger partial charge in [-0.15, -0.1) is 0 Å². The third-order valence-corrected chi connectivity index (χ3v) is 6.65. The number of ether oxygens (including phenoxy) is 1. The molecule has 0 radical (unpaired) electrons. The van der Waals surface area contributed by atoms with Crippen molar-refractivity contribution in [2.45, 2.75) is 51.8 Å². The summed E-state index contributed by atoms with van der Waals surface area (Å²) < 4.78 is 45.4. The van der Waals surface area contributed by atoms with Gasteiger partial charge in [-0.3, -0.25) is 0 Å². The number of pyridine rings is 1. The third kappa shape index (κ3) is 4.23. The highest BCUT2D eigenvalue weighted by atomic mass is 19.4. The highest BCUT2D eigenvalue weighted by molar-refractivity contribution is 5.80. The largest absolute Gasteiger partial charge is 0.391 e. The number of hydrogen-bond donors (Lipinski definition) is 0. The SMILES string of the molecule is Cc1cc([C@H]2CN(c3nc4nc(C)c(C)cc4c([C@H]4C[C@@H](C(F)(F)F)C4)n3)CCO2)cnn1. The number of morpholine rings is 1. The number of aromatic nitrogens is 5. The van der Waals surface area contributed by atoms with Crippen LogP contribution in [0.5, 0.6) is 0 Å². The molecule has 5 rings (SSSR count). The minimum absolute atomic E-state index is 0.0513. The number of fused-ring (bicyclic) bond motifs is 1. The van der Waals surface area contributed by atoms with E-state index in [0.717, 1.165) is 27.9 Å². The van der Waals surface area contributed by atoms with Crippen molar-refractivity contribution < 1.29 is 17.9 Å². The van der Waals surface area contributed by atoms with Crippen molar-refractivity contribution in [3.63, 3.8) is 0 Å². The van der Waals surface area contributed by atoms with Crippen LogP contribution in [0.3, 0.4) is 0 Å². The zero-order chi connectivity index (χ0) is 23.3. The molecule has 0 aromatic carbocycles. The number of anilines is 1. The minimum atomic E-state index is -4.17. The first-order valence-electron chi connectivity index (χ1n) is 11.1. The molecule has 0 unspecified atom stereocenters. The first kappa shape index (κ1) is 21.9. The topological polar surface area (TPSA) is 76.9 Å². The summed E-state index contributed by atoms with van der Waals surface area (Å²) in [4.78, 5) is 16.2. The number of aryl methyl sites for hydroxylation is 3. The summed E-state index contributed by atoms with van der Waals surface area (Å²) in [6.07, 6.45) is -2.60. The zero-order valence-corrected chi connectivity index (χ0v) is 18.7. The van der Waals surface area contributed by atoms with Gasteiger partial charge in [0.05, 0.1) is 36.7 Å². The molecule has 2 fully saturated rings. The summed E-state index contributed by atoms with van der Waals surface area (Å²) in [5.41, 5.74) is 4.73. The van der Waals surface area contributed by atoms with E-state index in [2.05, 4.69) is 15.2 Å². The number of nitrogens with zero attached hydrogens (tertiary/aromatic N) is 6. The van der Waals surface area contributed by atoms with Crippen LogP contribution in [0.25, 0.3) is 11.0 Å². The molecule has 1 aliphatic heterocycles. The molecule has 174 valence electrons. The average molecular weight is 458 g/mol. The quantitative estimate of drug-likeness (QED) is 0.577. The number of rotatable bonds is 3. The maximum atomic E-state index is 13.1. The van der Waals surface area contributed by atoms with Gasteiger partial charge >= 0.3 is 6.18 Å². The lowest BCUT2D eigenvalue weighted by atomic mass is 9.72. The van der Waals surface area contributed by atoms with E-state index in [9.17, 15) is 13.2 Å². The van der Waals surface area contributed by atoms with Crippen LogP contribution in [-0.2, 0) is 4.74 Å². The Bertz CT molecular complexity index is 1190. The average Bonchev–Trinajstić information content (AvgIpc) is 2.73. The second-order valence-corrected chi connectivity index (χ2v) is 9.01. The van der Waals surface area contributed by atoms with Crippen LogP contribution >= 0.6 is 0 Å².